The standard InChI is InChI=1S/C16H19FN2O7S/c17-10-3-1-9(2-4-10)7-27-8-12(15(24)25)19-16(26)18-11(14(22)23)5-6-13(20)21/h1-4,11-12H,5-8H2,(H,20,21)(H,22,23)(H,24,25)(H2,18,19,26)/p-3/t11-,12-/m0/s1. The summed E-state index contributed by atoms with van der Waals surface area (Å²) in [4.78, 5) is 44.2. The number of carboxylic acid groups (broad SMARTS) is 3. The maximum Gasteiger partial charge on any atom is 0.315 e. The van der Waals surface area contributed by atoms with Crippen LogP contribution in [0.2, 0.25) is 0 Å². The first-order valence-corrected chi connectivity index (χ1v) is 8.85. The van der Waals surface area contributed by atoms with E-state index in [2.05, 4.69) is 0 Å². The molecule has 0 bridgehead atoms. The minimum absolute atomic E-state index is 0.0951. The van der Waals surface area contributed by atoms with Crippen LogP contribution in [0.3, 0.4) is 0 Å². The lowest BCUT2D eigenvalue weighted by molar-refractivity contribution is -0.310. The number of benzene rings is 1. The molecule has 0 aliphatic heterocycles. The van der Waals surface area contributed by atoms with Crippen molar-refractivity contribution < 1.29 is 38.9 Å². The number of aliphatic carboxylic acids is 3. The average molecular weight is 399 g/mol. The molecule has 0 spiro atoms. The highest BCUT2D eigenvalue weighted by Crippen LogP contribution is 2.13. The summed E-state index contributed by atoms with van der Waals surface area (Å²) in [5.41, 5.74) is 0.738. The van der Waals surface area contributed by atoms with Crippen molar-refractivity contribution in [1.82, 2.24) is 10.6 Å². The largest absolute Gasteiger partial charge is 0.550 e. The molecular weight excluding hydrogens is 383 g/mol. The zero-order chi connectivity index (χ0) is 20.4. The van der Waals surface area contributed by atoms with E-state index < -0.39 is 54.7 Å². The van der Waals surface area contributed by atoms with E-state index >= 15 is 0 Å². The third-order valence-electron chi connectivity index (χ3n) is 3.28. The number of hydrogen-bond acceptors (Lipinski definition) is 8. The van der Waals surface area contributed by atoms with Crippen LogP contribution in [0, 0.1) is 5.82 Å². The van der Waals surface area contributed by atoms with Crippen molar-refractivity contribution in [2.24, 2.45) is 0 Å². The molecule has 0 aromatic heterocycles. The van der Waals surface area contributed by atoms with E-state index in [1.165, 1.54) is 24.3 Å². The summed E-state index contributed by atoms with van der Waals surface area (Å²) >= 11 is 1.13. The molecule has 9 nitrogen and oxygen atoms in total. The van der Waals surface area contributed by atoms with Gasteiger partial charge in [-0.2, -0.15) is 11.8 Å². The fourth-order valence-corrected chi connectivity index (χ4v) is 2.91. The van der Waals surface area contributed by atoms with Gasteiger partial charge < -0.3 is 40.3 Å². The van der Waals surface area contributed by atoms with Crippen molar-refractivity contribution in [3.05, 3.63) is 35.6 Å². The van der Waals surface area contributed by atoms with Crippen molar-refractivity contribution >= 4 is 35.7 Å². The molecule has 0 aliphatic carbocycles. The van der Waals surface area contributed by atoms with Gasteiger partial charge >= 0.3 is 6.03 Å². The Hall–Kier alpha value is -2.82. The lowest BCUT2D eigenvalue weighted by Gasteiger charge is -2.24. The van der Waals surface area contributed by atoms with E-state index in [-0.39, 0.29) is 5.75 Å². The normalized spacial score (nSPS) is 12.6. The summed E-state index contributed by atoms with van der Waals surface area (Å²) in [7, 11) is 0. The summed E-state index contributed by atoms with van der Waals surface area (Å²) in [6.07, 6.45) is -1.11. The molecular formula is C16H16FN2O7S-3. The van der Waals surface area contributed by atoms with Crippen LogP contribution in [0.25, 0.3) is 0 Å². The second-order valence-electron chi connectivity index (χ2n) is 5.41. The number of carbonyl (C=O) groups excluding carboxylic acids is 4. The molecule has 148 valence electrons. The topological polar surface area (TPSA) is 162 Å². The molecule has 0 radical (unpaired) electrons. The first-order valence-electron chi connectivity index (χ1n) is 7.69. The van der Waals surface area contributed by atoms with Gasteiger partial charge in [0.05, 0.1) is 24.0 Å². The van der Waals surface area contributed by atoms with Crippen molar-refractivity contribution in [2.75, 3.05) is 5.75 Å². The van der Waals surface area contributed by atoms with Crippen LogP contribution in [0.5, 0.6) is 0 Å². The van der Waals surface area contributed by atoms with Crippen molar-refractivity contribution in [3.8, 4) is 0 Å². The number of urea groups is 1. The Kier molecular flexibility index (Phi) is 9.06. The highest BCUT2D eigenvalue weighted by atomic mass is 32.2. The smallest absolute Gasteiger partial charge is 0.315 e. The Bertz CT molecular complexity index is 684. The minimum atomic E-state index is -1.72. The van der Waals surface area contributed by atoms with E-state index in [4.69, 9.17) is 0 Å². The van der Waals surface area contributed by atoms with E-state index in [0.717, 1.165) is 17.3 Å². The Morgan fingerprint density at radius 1 is 0.963 bits per heavy atom. The van der Waals surface area contributed by atoms with Gasteiger partial charge in [-0.25, -0.2) is 9.18 Å². The Labute approximate surface area is 157 Å². The van der Waals surface area contributed by atoms with E-state index in [1.54, 1.807) is 0 Å². The van der Waals surface area contributed by atoms with Crippen LogP contribution >= 0.6 is 11.8 Å². The van der Waals surface area contributed by atoms with Gasteiger partial charge in [-0.3, -0.25) is 0 Å². The quantitative estimate of drug-likeness (QED) is 0.401. The van der Waals surface area contributed by atoms with Crippen molar-refractivity contribution in [3.63, 3.8) is 0 Å². The molecule has 0 fully saturated rings. The Morgan fingerprint density at radius 2 is 1.52 bits per heavy atom. The van der Waals surface area contributed by atoms with Gasteiger partial charge in [0.25, 0.3) is 0 Å². The summed E-state index contributed by atoms with van der Waals surface area (Å²) in [5.74, 6) is -4.97. The monoisotopic (exact) mass is 399 g/mol. The SMILES string of the molecule is O=C([O-])CC[C@H](NC(=O)N[C@@H](CSCc1ccc(F)cc1)C(=O)[O-])C(=O)[O-]. The first-order chi connectivity index (χ1) is 12.7. The zero-order valence-corrected chi connectivity index (χ0v) is 14.8. The average Bonchev–Trinajstić information content (AvgIpc) is 2.58. The zero-order valence-electron chi connectivity index (χ0n) is 13.9. The molecule has 0 unspecified atom stereocenters. The Balaban J connectivity index is 2.52. The molecule has 0 saturated heterocycles. The highest BCUT2D eigenvalue weighted by Gasteiger charge is 2.18. The lowest BCUT2D eigenvalue weighted by atomic mass is 10.1. The number of hydrogen-bond donors (Lipinski definition) is 2. The predicted octanol–water partition coefficient (Wildman–Crippen LogP) is -2.87. The molecule has 11 heteroatoms. The number of nitrogens with one attached hydrogen (secondary N) is 2. The van der Waals surface area contributed by atoms with Gasteiger partial charge in [0, 0.05) is 17.5 Å². The van der Waals surface area contributed by atoms with Gasteiger partial charge in [0.15, 0.2) is 0 Å². The number of thioether (sulfide) groups is 1. The number of rotatable bonds is 11. The summed E-state index contributed by atoms with van der Waals surface area (Å²) in [6.45, 7) is 0. The van der Waals surface area contributed by atoms with Crippen molar-refractivity contribution in [1.29, 1.82) is 0 Å². The molecule has 0 aliphatic rings. The predicted molar refractivity (Wildman–Crippen MR) is 86.1 cm³/mol. The molecule has 2 atom stereocenters. The molecule has 1 aromatic rings. The number of carbonyl (C=O) groups is 4. The molecule has 1 rings (SSSR count). The van der Waals surface area contributed by atoms with Gasteiger partial charge in [-0.05, 0) is 30.5 Å². The van der Waals surface area contributed by atoms with Gasteiger partial charge in [-0.15, -0.1) is 0 Å². The first kappa shape index (κ1) is 22.2. The third kappa shape index (κ3) is 8.90. The second-order valence-corrected chi connectivity index (χ2v) is 6.44. The van der Waals surface area contributed by atoms with Crippen LogP contribution in [-0.4, -0.2) is 41.8 Å². The molecule has 2 amide bonds. The van der Waals surface area contributed by atoms with Gasteiger partial charge in [0.1, 0.15) is 5.82 Å². The van der Waals surface area contributed by atoms with E-state index in [1.807, 2.05) is 10.6 Å². The van der Waals surface area contributed by atoms with Gasteiger partial charge in [0.2, 0.25) is 0 Å². The van der Waals surface area contributed by atoms with Crippen LogP contribution in [-0.2, 0) is 20.1 Å². The minimum Gasteiger partial charge on any atom is -0.550 e. The van der Waals surface area contributed by atoms with Crippen LogP contribution in [0.4, 0.5) is 9.18 Å². The van der Waals surface area contributed by atoms with E-state index in [0.29, 0.717) is 5.75 Å². The molecule has 0 heterocycles. The van der Waals surface area contributed by atoms with Crippen molar-refractivity contribution in [2.45, 2.75) is 30.7 Å². The van der Waals surface area contributed by atoms with Crippen LogP contribution < -0.4 is 26.0 Å². The number of amides is 2. The molecule has 27 heavy (non-hydrogen) atoms. The summed E-state index contributed by atoms with van der Waals surface area (Å²) in [6, 6.07) is 1.38. The van der Waals surface area contributed by atoms with Crippen LogP contribution in [0.1, 0.15) is 18.4 Å². The highest BCUT2D eigenvalue weighted by molar-refractivity contribution is 7.98. The van der Waals surface area contributed by atoms with E-state index in [9.17, 15) is 38.9 Å². The Morgan fingerprint density at radius 3 is 2.04 bits per heavy atom. The maximum atomic E-state index is 12.8. The maximum absolute atomic E-state index is 12.8. The van der Waals surface area contributed by atoms with Crippen LogP contribution in [0.15, 0.2) is 24.3 Å². The molecule has 2 N–H and O–H groups in total. The fourth-order valence-electron chi connectivity index (χ4n) is 1.91. The number of carboxylic acids is 3. The summed E-state index contributed by atoms with van der Waals surface area (Å²) in [5, 5.41) is 36.4. The molecule has 0 saturated carbocycles. The van der Waals surface area contributed by atoms with Gasteiger partial charge in [-0.1, -0.05) is 12.1 Å². The fraction of sp³-hybridized carbons (Fsp3) is 0.375. The third-order valence-corrected chi connectivity index (χ3v) is 4.39. The summed E-state index contributed by atoms with van der Waals surface area (Å²) < 4.78 is 12.8. The number of halogens is 1. The lowest BCUT2D eigenvalue weighted by Crippen LogP contribution is -2.56. The second kappa shape index (κ2) is 11.0. The molecule has 1 aromatic carbocycles.